The monoisotopic (exact) mass is 184 g/mol. The summed E-state index contributed by atoms with van der Waals surface area (Å²) < 4.78 is 0. The Balaban J connectivity index is -0.000000135. The van der Waals surface area contributed by atoms with Crippen LogP contribution in [0.1, 0.15) is 36.0 Å². The molecule has 0 heterocycles. The average Bonchev–Trinajstić information content (AvgIpc) is 1.87. The van der Waals surface area contributed by atoms with E-state index in [4.69, 9.17) is 5.11 Å². The normalized spacial score (nSPS) is 10.5. The Labute approximate surface area is 101 Å². The Bertz CT molecular complexity index is 149. The average molecular weight is 184 g/mol. The largest absolute Gasteiger partial charge is 2.00 e. The van der Waals surface area contributed by atoms with Crippen molar-refractivity contribution in [3.8, 4) is 0 Å². The van der Waals surface area contributed by atoms with Gasteiger partial charge in [0.05, 0.1) is 0 Å². The molecule has 0 aliphatic heterocycles. The van der Waals surface area contributed by atoms with Crippen LogP contribution in [0.25, 0.3) is 0 Å². The number of hydrogen-bond acceptors (Lipinski definition) is 1. The zero-order valence-corrected chi connectivity index (χ0v) is 9.47. The molecular formula is C8H16CaO2. The number of carboxylic acids is 1. The molecular weight excluding hydrogens is 168 g/mol. The first kappa shape index (κ1) is 14.0. The predicted octanol–water partition coefficient (Wildman–Crippen LogP) is 2.05. The minimum absolute atomic E-state index is 0. The molecule has 0 aromatic rings. The Morgan fingerprint density at radius 1 is 1.55 bits per heavy atom. The van der Waals surface area contributed by atoms with Gasteiger partial charge in [-0.05, 0) is 12.8 Å². The molecule has 0 spiro atoms. The van der Waals surface area contributed by atoms with Crippen LogP contribution >= 0.6 is 0 Å². The quantitative estimate of drug-likeness (QED) is 0.536. The third kappa shape index (κ3) is 6.85. The molecule has 0 aromatic heterocycles. The van der Waals surface area contributed by atoms with E-state index >= 15 is 0 Å². The van der Waals surface area contributed by atoms with Crippen LogP contribution in [-0.2, 0) is 4.79 Å². The first-order chi connectivity index (χ1) is 4.72. The Morgan fingerprint density at radius 2 is 2.09 bits per heavy atom. The van der Waals surface area contributed by atoms with E-state index in [1.807, 2.05) is 13.8 Å². The van der Waals surface area contributed by atoms with E-state index in [9.17, 15) is 4.79 Å². The molecule has 1 N–H and O–H groups in total. The molecule has 3 heteroatoms. The molecule has 0 saturated carbocycles. The van der Waals surface area contributed by atoms with Crippen molar-refractivity contribution in [2.45, 2.75) is 33.1 Å². The number of carboxylic acid groups (broad SMARTS) is 1. The molecule has 0 saturated heterocycles. The summed E-state index contributed by atoms with van der Waals surface area (Å²) in [6.07, 6.45) is 4.16. The smallest absolute Gasteiger partial charge is 1.00 e. The van der Waals surface area contributed by atoms with Gasteiger partial charge in [-0.3, -0.25) is 0 Å². The van der Waals surface area contributed by atoms with E-state index in [1.54, 1.807) is 6.08 Å². The zero-order chi connectivity index (χ0) is 7.98. The summed E-state index contributed by atoms with van der Waals surface area (Å²) in [5.41, 5.74) is 0.546. The van der Waals surface area contributed by atoms with Crippen LogP contribution in [0, 0.1) is 0 Å². The van der Waals surface area contributed by atoms with E-state index < -0.39 is 5.97 Å². The molecule has 11 heavy (non-hydrogen) atoms. The minimum atomic E-state index is -0.774. The van der Waals surface area contributed by atoms with Crippen LogP contribution in [0.5, 0.6) is 0 Å². The Hall–Kier alpha value is 0.470. The second-order valence-electron chi connectivity index (χ2n) is 2.19. The van der Waals surface area contributed by atoms with Crippen molar-refractivity contribution >= 4 is 43.7 Å². The van der Waals surface area contributed by atoms with Gasteiger partial charge in [0.2, 0.25) is 0 Å². The molecule has 2 nitrogen and oxygen atoms in total. The molecule has 0 amide bonds. The fraction of sp³-hybridized carbons (Fsp3) is 0.625. The maximum absolute atomic E-state index is 10.4. The molecule has 0 aliphatic carbocycles. The fourth-order valence-corrected chi connectivity index (χ4v) is 0.812. The third-order valence-electron chi connectivity index (χ3n) is 1.24. The number of aliphatic carboxylic acids is 1. The molecule has 0 radical (unpaired) electrons. The minimum Gasteiger partial charge on any atom is -1.00 e. The van der Waals surface area contributed by atoms with Gasteiger partial charge in [-0.2, -0.15) is 0 Å². The van der Waals surface area contributed by atoms with E-state index in [2.05, 4.69) is 0 Å². The van der Waals surface area contributed by atoms with Crippen LogP contribution in [0.3, 0.4) is 0 Å². The molecule has 0 atom stereocenters. The molecule has 0 aliphatic rings. The van der Waals surface area contributed by atoms with Crippen LogP contribution in [-0.4, -0.2) is 48.8 Å². The summed E-state index contributed by atoms with van der Waals surface area (Å²) >= 11 is 0. The molecule has 0 aromatic carbocycles. The topological polar surface area (TPSA) is 37.3 Å². The fourth-order valence-electron chi connectivity index (χ4n) is 0.812. The third-order valence-corrected chi connectivity index (χ3v) is 1.24. The first-order valence-corrected chi connectivity index (χ1v) is 3.64. The number of carbonyl (C=O) groups is 1. The summed E-state index contributed by atoms with van der Waals surface area (Å²) in [6, 6.07) is 0. The number of allylic oxidation sites excluding steroid dienone is 1. The van der Waals surface area contributed by atoms with Crippen molar-refractivity contribution in [1.82, 2.24) is 0 Å². The van der Waals surface area contributed by atoms with Gasteiger partial charge < -0.3 is 7.96 Å². The van der Waals surface area contributed by atoms with Gasteiger partial charge in [0.15, 0.2) is 0 Å². The standard InChI is InChI=1S/C8H14O2.Ca.2H/c1-3-5-7(6-4-2)8(9)10;;;/h5H,3-4,6H2,1-2H3,(H,9,10);;;/q;+2;2*-1. The Morgan fingerprint density at radius 3 is 2.36 bits per heavy atom. The summed E-state index contributed by atoms with van der Waals surface area (Å²) in [7, 11) is 0. The number of hydrogen-bond donors (Lipinski definition) is 1. The molecule has 0 bridgehead atoms. The van der Waals surface area contributed by atoms with Crippen molar-refractivity contribution in [3.05, 3.63) is 11.6 Å². The van der Waals surface area contributed by atoms with E-state index in [0.29, 0.717) is 12.0 Å². The zero-order valence-electron chi connectivity index (χ0n) is 9.26. The summed E-state index contributed by atoms with van der Waals surface area (Å²) in [4.78, 5) is 10.4. The summed E-state index contributed by atoms with van der Waals surface area (Å²) in [5.74, 6) is -0.774. The van der Waals surface area contributed by atoms with Crippen LogP contribution in [0.2, 0.25) is 0 Å². The summed E-state index contributed by atoms with van der Waals surface area (Å²) in [6.45, 7) is 3.92. The van der Waals surface area contributed by atoms with Crippen molar-refractivity contribution in [2.75, 3.05) is 0 Å². The molecule has 0 unspecified atom stereocenters. The van der Waals surface area contributed by atoms with Gasteiger partial charge in [0.25, 0.3) is 0 Å². The second-order valence-corrected chi connectivity index (χ2v) is 2.19. The van der Waals surface area contributed by atoms with E-state index in [-0.39, 0.29) is 40.6 Å². The van der Waals surface area contributed by atoms with Gasteiger partial charge in [0, 0.05) is 5.57 Å². The Kier molecular flexibility index (Phi) is 10.9. The van der Waals surface area contributed by atoms with Crippen molar-refractivity contribution in [3.63, 3.8) is 0 Å². The maximum Gasteiger partial charge on any atom is 2.00 e. The molecule has 62 valence electrons. The van der Waals surface area contributed by atoms with Gasteiger partial charge in [0.1, 0.15) is 0 Å². The molecule has 0 fully saturated rings. The van der Waals surface area contributed by atoms with Crippen LogP contribution < -0.4 is 0 Å². The maximum atomic E-state index is 10.4. The predicted molar refractivity (Wildman–Crippen MR) is 48.9 cm³/mol. The van der Waals surface area contributed by atoms with Crippen LogP contribution in [0.4, 0.5) is 0 Å². The van der Waals surface area contributed by atoms with Gasteiger partial charge in [-0.1, -0.05) is 26.3 Å². The van der Waals surface area contributed by atoms with E-state index in [1.165, 1.54) is 0 Å². The summed E-state index contributed by atoms with van der Waals surface area (Å²) in [5, 5.41) is 8.57. The number of rotatable bonds is 4. The van der Waals surface area contributed by atoms with Crippen molar-refractivity contribution < 1.29 is 12.8 Å². The first-order valence-electron chi connectivity index (χ1n) is 3.64. The van der Waals surface area contributed by atoms with Crippen molar-refractivity contribution in [2.24, 2.45) is 0 Å². The SMILES string of the molecule is CCC=C(CCC)C(=O)O.[Ca+2].[H-].[H-]. The van der Waals surface area contributed by atoms with E-state index in [0.717, 1.165) is 12.8 Å². The second kappa shape index (κ2) is 8.57. The van der Waals surface area contributed by atoms with Gasteiger partial charge in [-0.25, -0.2) is 4.79 Å². The van der Waals surface area contributed by atoms with Gasteiger partial charge >= 0.3 is 43.7 Å². The van der Waals surface area contributed by atoms with Gasteiger partial charge in [-0.15, -0.1) is 0 Å². The van der Waals surface area contributed by atoms with Crippen molar-refractivity contribution in [1.29, 1.82) is 0 Å². The van der Waals surface area contributed by atoms with Crippen LogP contribution in [0.15, 0.2) is 11.6 Å². The molecule has 0 rings (SSSR count).